The fraction of sp³-hybridized carbons (Fsp3) is 0.833. The molecule has 1 aliphatic heterocycles. The van der Waals surface area contributed by atoms with Crippen molar-refractivity contribution in [3.05, 3.63) is 16.4 Å². The molecule has 2 N–H and O–H groups in total. The van der Waals surface area contributed by atoms with E-state index in [1.807, 2.05) is 0 Å². The van der Waals surface area contributed by atoms with E-state index >= 15 is 0 Å². The van der Waals surface area contributed by atoms with Crippen LogP contribution in [0.5, 0.6) is 0 Å². The van der Waals surface area contributed by atoms with Gasteiger partial charge in [0.05, 0.1) is 11.8 Å². The third kappa shape index (κ3) is 4.14. The van der Waals surface area contributed by atoms with Gasteiger partial charge in [-0.05, 0) is 18.8 Å². The van der Waals surface area contributed by atoms with E-state index in [9.17, 15) is 13.2 Å². The summed E-state index contributed by atoms with van der Waals surface area (Å²) >= 11 is 0. The summed E-state index contributed by atoms with van der Waals surface area (Å²) in [6, 6.07) is -0.455. The largest absolute Gasteiger partial charge is 0.441 e. The Balaban J connectivity index is 2.11. The van der Waals surface area contributed by atoms with Gasteiger partial charge in [0.25, 0.3) is 0 Å². The van der Waals surface area contributed by atoms with Gasteiger partial charge in [0, 0.05) is 19.6 Å². The molecule has 2 rings (SSSR count). The highest BCUT2D eigenvalue weighted by atomic mass is 32.2. The van der Waals surface area contributed by atoms with Crippen molar-refractivity contribution in [2.75, 3.05) is 18.9 Å². The van der Waals surface area contributed by atoms with Crippen LogP contribution in [-0.4, -0.2) is 42.2 Å². The van der Waals surface area contributed by atoms with E-state index in [2.05, 4.69) is 14.4 Å². The molecular formula is C12H21N3O5S. The molecule has 2 atom stereocenters. The van der Waals surface area contributed by atoms with Crippen molar-refractivity contribution >= 4 is 10.0 Å². The topological polar surface area (TPSA) is 114 Å². The average Bonchev–Trinajstić information content (AvgIpc) is 2.68. The molecule has 0 spiro atoms. The molecule has 2 heterocycles. The summed E-state index contributed by atoms with van der Waals surface area (Å²) < 4.78 is 32.7. The number of sulfonamides is 1. The minimum absolute atomic E-state index is 0.0821. The minimum atomic E-state index is -3.53. The second kappa shape index (κ2) is 6.71. The maximum absolute atomic E-state index is 12.1. The number of hydrogen-bond donors (Lipinski definition) is 2. The van der Waals surface area contributed by atoms with Crippen molar-refractivity contribution in [1.82, 2.24) is 14.4 Å². The maximum Gasteiger partial charge on any atom is 0.441 e. The van der Waals surface area contributed by atoms with Gasteiger partial charge in [-0.25, -0.2) is 17.9 Å². The first-order valence-electron chi connectivity index (χ1n) is 7.08. The third-order valence-electron chi connectivity index (χ3n) is 3.63. The first kappa shape index (κ1) is 16.2. The molecular weight excluding hydrogens is 298 g/mol. The molecule has 0 amide bonds. The predicted octanol–water partition coefficient (Wildman–Crippen LogP) is -0.348. The first-order valence-corrected chi connectivity index (χ1v) is 8.73. The van der Waals surface area contributed by atoms with E-state index in [1.54, 1.807) is 6.92 Å². The highest BCUT2D eigenvalue weighted by Crippen LogP contribution is 2.22. The number of fused-ring (bicyclic) bond motifs is 1. The van der Waals surface area contributed by atoms with Crippen LogP contribution >= 0.6 is 0 Å². The van der Waals surface area contributed by atoms with Crippen molar-refractivity contribution < 1.29 is 18.0 Å². The Morgan fingerprint density at radius 2 is 2.29 bits per heavy atom. The molecule has 8 nitrogen and oxygen atoms in total. The minimum Gasteiger partial charge on any atom is -0.396 e. The smallest absolute Gasteiger partial charge is 0.396 e. The van der Waals surface area contributed by atoms with E-state index < -0.39 is 21.8 Å². The predicted molar refractivity (Wildman–Crippen MR) is 75.4 cm³/mol. The number of aliphatic hydroxyl groups is 1. The lowest BCUT2D eigenvalue weighted by atomic mass is 10.1. The van der Waals surface area contributed by atoms with Gasteiger partial charge in [0.2, 0.25) is 10.0 Å². The van der Waals surface area contributed by atoms with Gasteiger partial charge in [-0.15, -0.1) is 0 Å². The number of nitrogens with one attached hydrogen (secondary N) is 1. The van der Waals surface area contributed by atoms with Crippen molar-refractivity contribution in [2.45, 2.75) is 38.6 Å². The van der Waals surface area contributed by atoms with Crippen molar-refractivity contribution in [3.8, 4) is 0 Å². The zero-order valence-electron chi connectivity index (χ0n) is 12.0. The summed E-state index contributed by atoms with van der Waals surface area (Å²) in [5.74, 6) is -0.417. The van der Waals surface area contributed by atoms with Gasteiger partial charge in [-0.1, -0.05) is 18.5 Å². The number of hydrogen-bond acceptors (Lipinski definition) is 6. The number of aromatic nitrogens is 2. The van der Waals surface area contributed by atoms with Crippen LogP contribution in [0.4, 0.5) is 0 Å². The van der Waals surface area contributed by atoms with Crippen molar-refractivity contribution in [2.24, 2.45) is 5.92 Å². The molecule has 2 unspecified atom stereocenters. The third-order valence-corrected chi connectivity index (χ3v) is 5.06. The summed E-state index contributed by atoms with van der Waals surface area (Å²) in [7, 11) is -3.53. The van der Waals surface area contributed by atoms with Crippen LogP contribution in [0.15, 0.2) is 9.32 Å². The Morgan fingerprint density at radius 1 is 1.52 bits per heavy atom. The Bertz CT molecular complexity index is 621. The Hall–Kier alpha value is -1.19. The SMILES string of the molecule is CC(CO)CNS(=O)(=O)CC1CCCCc2noc(=O)n21. The van der Waals surface area contributed by atoms with Gasteiger partial charge in [0.1, 0.15) is 0 Å². The van der Waals surface area contributed by atoms with E-state index in [0.29, 0.717) is 18.7 Å². The molecule has 1 aliphatic rings. The zero-order chi connectivity index (χ0) is 15.5. The van der Waals surface area contributed by atoms with Crippen LogP contribution in [-0.2, 0) is 16.4 Å². The normalized spacial score (nSPS) is 20.8. The van der Waals surface area contributed by atoms with Gasteiger partial charge in [-0.3, -0.25) is 9.09 Å². The lowest BCUT2D eigenvalue weighted by molar-refractivity contribution is 0.238. The van der Waals surface area contributed by atoms with Crippen LogP contribution in [0.1, 0.15) is 38.1 Å². The lowest BCUT2D eigenvalue weighted by Crippen LogP contribution is -2.36. The highest BCUT2D eigenvalue weighted by molar-refractivity contribution is 7.89. The average molecular weight is 319 g/mol. The molecule has 0 aliphatic carbocycles. The fourth-order valence-electron chi connectivity index (χ4n) is 2.41. The van der Waals surface area contributed by atoms with Crippen LogP contribution in [0.3, 0.4) is 0 Å². The monoisotopic (exact) mass is 319 g/mol. The van der Waals surface area contributed by atoms with E-state index in [4.69, 9.17) is 5.11 Å². The molecule has 0 aromatic carbocycles. The quantitative estimate of drug-likeness (QED) is 0.741. The molecule has 9 heteroatoms. The molecule has 120 valence electrons. The van der Waals surface area contributed by atoms with E-state index in [1.165, 1.54) is 4.57 Å². The molecule has 1 aromatic rings. The summed E-state index contributed by atoms with van der Waals surface area (Å²) in [4.78, 5) is 11.7. The highest BCUT2D eigenvalue weighted by Gasteiger charge is 2.27. The Morgan fingerprint density at radius 3 is 3.00 bits per heavy atom. The Kier molecular flexibility index (Phi) is 5.17. The first-order chi connectivity index (χ1) is 9.93. The van der Waals surface area contributed by atoms with Crippen LogP contribution in [0, 0.1) is 5.92 Å². The Labute approximate surface area is 123 Å². The van der Waals surface area contributed by atoms with Crippen molar-refractivity contribution in [3.63, 3.8) is 0 Å². The number of aliphatic hydroxyl groups excluding tert-OH is 1. The lowest BCUT2D eigenvalue weighted by Gasteiger charge is -2.17. The molecule has 0 saturated carbocycles. The van der Waals surface area contributed by atoms with Gasteiger partial charge >= 0.3 is 5.76 Å². The summed E-state index contributed by atoms with van der Waals surface area (Å²) in [5.41, 5.74) is 0. The van der Waals surface area contributed by atoms with Gasteiger partial charge < -0.3 is 5.11 Å². The molecule has 0 bridgehead atoms. The fourth-order valence-corrected chi connectivity index (χ4v) is 3.89. The van der Waals surface area contributed by atoms with Gasteiger partial charge in [0.15, 0.2) is 5.82 Å². The standard InChI is InChI=1S/C12H21N3O5S/c1-9(7-16)6-13-21(18,19)8-10-4-2-3-5-11-14-20-12(17)15(10)11/h9-10,13,16H,2-8H2,1H3. The second-order valence-electron chi connectivity index (χ2n) is 5.55. The van der Waals surface area contributed by atoms with Crippen LogP contribution in [0.25, 0.3) is 0 Å². The summed E-state index contributed by atoms with van der Waals surface area (Å²) in [6.07, 6.45) is 2.93. The zero-order valence-corrected chi connectivity index (χ0v) is 12.8. The van der Waals surface area contributed by atoms with Crippen LogP contribution < -0.4 is 10.5 Å². The molecule has 0 saturated heterocycles. The summed E-state index contributed by atoms with van der Waals surface area (Å²) in [6.45, 7) is 1.84. The summed E-state index contributed by atoms with van der Waals surface area (Å²) in [5, 5.41) is 12.6. The van der Waals surface area contributed by atoms with E-state index in [-0.39, 0.29) is 24.8 Å². The van der Waals surface area contributed by atoms with Gasteiger partial charge in [-0.2, -0.15) is 0 Å². The van der Waals surface area contributed by atoms with E-state index in [0.717, 1.165) is 12.8 Å². The number of aryl methyl sites for hydroxylation is 1. The maximum atomic E-state index is 12.1. The molecule has 21 heavy (non-hydrogen) atoms. The molecule has 0 fully saturated rings. The van der Waals surface area contributed by atoms with Crippen molar-refractivity contribution in [1.29, 1.82) is 0 Å². The van der Waals surface area contributed by atoms with Crippen LogP contribution in [0.2, 0.25) is 0 Å². The second-order valence-corrected chi connectivity index (χ2v) is 7.40. The molecule has 0 radical (unpaired) electrons. The number of rotatable bonds is 6. The molecule has 1 aromatic heterocycles. The number of nitrogens with zero attached hydrogens (tertiary/aromatic N) is 2.